The molecular weight excluding hydrogens is 377 g/mol. The molecule has 0 radical (unpaired) electrons. The number of hydrogen-bond donors (Lipinski definition) is 1. The lowest BCUT2D eigenvalue weighted by molar-refractivity contribution is 0.382. The zero-order chi connectivity index (χ0) is 12.7. The van der Waals surface area contributed by atoms with Crippen LogP contribution in [0.2, 0.25) is 0 Å². The van der Waals surface area contributed by atoms with E-state index in [9.17, 15) is 0 Å². The SMILES string of the molecule is CN=C(NCCSC)N1CCSC(C(C)C)C1.I. The Morgan fingerprint density at radius 2 is 2.28 bits per heavy atom. The first kappa shape index (κ1) is 18.7. The summed E-state index contributed by atoms with van der Waals surface area (Å²) in [6, 6.07) is 0. The summed E-state index contributed by atoms with van der Waals surface area (Å²) in [5.41, 5.74) is 0. The predicted molar refractivity (Wildman–Crippen MR) is 97.8 cm³/mol. The molecule has 1 heterocycles. The minimum absolute atomic E-state index is 0. The summed E-state index contributed by atoms with van der Waals surface area (Å²) in [4.78, 5) is 6.79. The Morgan fingerprint density at radius 1 is 1.56 bits per heavy atom. The molecule has 108 valence electrons. The fourth-order valence-corrected chi connectivity index (χ4v) is 3.47. The van der Waals surface area contributed by atoms with Crippen LogP contribution in [0.3, 0.4) is 0 Å². The first-order chi connectivity index (χ1) is 8.19. The van der Waals surface area contributed by atoms with E-state index in [-0.39, 0.29) is 24.0 Å². The quantitative estimate of drug-likeness (QED) is 0.338. The van der Waals surface area contributed by atoms with Crippen molar-refractivity contribution in [3.05, 3.63) is 0 Å². The number of hydrogen-bond acceptors (Lipinski definition) is 3. The normalized spacial score (nSPS) is 20.8. The number of nitrogens with one attached hydrogen (secondary N) is 1. The number of rotatable bonds is 4. The zero-order valence-electron chi connectivity index (χ0n) is 11.8. The molecule has 1 aliphatic heterocycles. The Hall–Kier alpha value is 0.700. The van der Waals surface area contributed by atoms with Crippen molar-refractivity contribution in [2.24, 2.45) is 10.9 Å². The highest BCUT2D eigenvalue weighted by molar-refractivity contribution is 14.0. The first-order valence-electron chi connectivity index (χ1n) is 6.25. The van der Waals surface area contributed by atoms with Gasteiger partial charge in [0.1, 0.15) is 0 Å². The third-order valence-electron chi connectivity index (χ3n) is 2.94. The van der Waals surface area contributed by atoms with Crippen molar-refractivity contribution in [3.63, 3.8) is 0 Å². The minimum atomic E-state index is 0. The van der Waals surface area contributed by atoms with Crippen molar-refractivity contribution in [2.45, 2.75) is 19.1 Å². The highest BCUT2D eigenvalue weighted by Crippen LogP contribution is 2.24. The zero-order valence-corrected chi connectivity index (χ0v) is 15.8. The summed E-state index contributed by atoms with van der Waals surface area (Å²) in [7, 11) is 1.88. The van der Waals surface area contributed by atoms with Crippen LogP contribution in [-0.2, 0) is 0 Å². The molecule has 1 aliphatic rings. The van der Waals surface area contributed by atoms with E-state index in [2.05, 4.69) is 47.1 Å². The molecular formula is C12H26IN3S2. The highest BCUT2D eigenvalue weighted by atomic mass is 127. The molecule has 0 aliphatic carbocycles. The standard InChI is InChI=1S/C12H25N3S2.HI/c1-10(2)11-9-15(6-8-17-11)12(13-3)14-5-7-16-4;/h10-11H,5-9H2,1-4H3,(H,13,14);1H. The van der Waals surface area contributed by atoms with Crippen LogP contribution in [0.5, 0.6) is 0 Å². The van der Waals surface area contributed by atoms with Crippen LogP contribution in [0.15, 0.2) is 4.99 Å². The van der Waals surface area contributed by atoms with Gasteiger partial charge in [0.25, 0.3) is 0 Å². The summed E-state index contributed by atoms with van der Waals surface area (Å²) >= 11 is 3.97. The van der Waals surface area contributed by atoms with Crippen LogP contribution in [0.4, 0.5) is 0 Å². The van der Waals surface area contributed by atoms with Crippen LogP contribution in [0.25, 0.3) is 0 Å². The van der Waals surface area contributed by atoms with Crippen molar-refractivity contribution in [1.82, 2.24) is 10.2 Å². The van der Waals surface area contributed by atoms with E-state index < -0.39 is 0 Å². The molecule has 6 heteroatoms. The van der Waals surface area contributed by atoms with E-state index in [4.69, 9.17) is 0 Å². The molecule has 1 rings (SSSR count). The maximum absolute atomic E-state index is 4.39. The molecule has 0 aromatic carbocycles. The average molecular weight is 403 g/mol. The summed E-state index contributed by atoms with van der Waals surface area (Å²) in [6.45, 7) is 7.87. The monoisotopic (exact) mass is 403 g/mol. The molecule has 3 nitrogen and oxygen atoms in total. The molecule has 0 bridgehead atoms. The maximum Gasteiger partial charge on any atom is 0.193 e. The lowest BCUT2D eigenvalue weighted by atomic mass is 10.1. The van der Waals surface area contributed by atoms with Gasteiger partial charge in [0.05, 0.1) is 0 Å². The van der Waals surface area contributed by atoms with Crippen molar-refractivity contribution in [1.29, 1.82) is 0 Å². The van der Waals surface area contributed by atoms with E-state index in [0.29, 0.717) is 0 Å². The number of aliphatic imine (C=N–C) groups is 1. The van der Waals surface area contributed by atoms with Gasteiger partial charge in [-0.25, -0.2) is 0 Å². The minimum Gasteiger partial charge on any atom is -0.355 e. The molecule has 1 N–H and O–H groups in total. The van der Waals surface area contributed by atoms with Crippen LogP contribution in [0, 0.1) is 5.92 Å². The molecule has 1 atom stereocenters. The van der Waals surface area contributed by atoms with E-state index in [1.165, 1.54) is 5.75 Å². The number of nitrogens with zero attached hydrogens (tertiary/aromatic N) is 2. The summed E-state index contributed by atoms with van der Waals surface area (Å²) in [5, 5.41) is 4.18. The van der Waals surface area contributed by atoms with Gasteiger partial charge in [0, 0.05) is 43.4 Å². The summed E-state index contributed by atoms with van der Waals surface area (Å²) < 4.78 is 0. The number of guanidine groups is 1. The van der Waals surface area contributed by atoms with Crippen molar-refractivity contribution >= 4 is 53.5 Å². The van der Waals surface area contributed by atoms with Gasteiger partial charge in [-0.1, -0.05) is 13.8 Å². The molecule has 0 saturated carbocycles. The molecule has 1 saturated heterocycles. The van der Waals surface area contributed by atoms with Gasteiger partial charge in [0.15, 0.2) is 5.96 Å². The number of thioether (sulfide) groups is 2. The van der Waals surface area contributed by atoms with Crippen LogP contribution >= 0.6 is 47.5 Å². The molecule has 0 amide bonds. The van der Waals surface area contributed by atoms with Crippen LogP contribution in [-0.4, -0.2) is 60.6 Å². The maximum atomic E-state index is 4.39. The molecule has 0 aromatic heterocycles. The average Bonchev–Trinajstić information content (AvgIpc) is 2.35. The fourth-order valence-electron chi connectivity index (χ4n) is 1.87. The first-order valence-corrected chi connectivity index (χ1v) is 8.69. The largest absolute Gasteiger partial charge is 0.355 e. The Labute approximate surface area is 137 Å². The van der Waals surface area contributed by atoms with Gasteiger partial charge in [-0.15, -0.1) is 24.0 Å². The summed E-state index contributed by atoms with van der Waals surface area (Å²) in [5.74, 6) is 4.17. The van der Waals surface area contributed by atoms with E-state index in [1.807, 2.05) is 18.8 Å². The van der Waals surface area contributed by atoms with Gasteiger partial charge in [-0.2, -0.15) is 23.5 Å². The second-order valence-corrected chi connectivity index (χ2v) is 6.90. The Bertz CT molecular complexity index is 249. The third kappa shape index (κ3) is 6.23. The van der Waals surface area contributed by atoms with Gasteiger partial charge < -0.3 is 10.2 Å². The van der Waals surface area contributed by atoms with Gasteiger partial charge in [-0.05, 0) is 12.2 Å². The van der Waals surface area contributed by atoms with E-state index in [0.717, 1.165) is 42.5 Å². The van der Waals surface area contributed by atoms with Gasteiger partial charge in [-0.3, -0.25) is 4.99 Å². The fraction of sp³-hybridized carbons (Fsp3) is 0.917. The van der Waals surface area contributed by atoms with Crippen molar-refractivity contribution in [3.8, 4) is 0 Å². The highest BCUT2D eigenvalue weighted by Gasteiger charge is 2.24. The van der Waals surface area contributed by atoms with Crippen molar-refractivity contribution in [2.75, 3.05) is 44.4 Å². The molecule has 18 heavy (non-hydrogen) atoms. The Morgan fingerprint density at radius 3 is 2.83 bits per heavy atom. The van der Waals surface area contributed by atoms with Crippen molar-refractivity contribution < 1.29 is 0 Å². The molecule has 1 unspecified atom stereocenters. The number of halogens is 1. The smallest absolute Gasteiger partial charge is 0.193 e. The predicted octanol–water partition coefficient (Wildman–Crippen LogP) is 2.62. The van der Waals surface area contributed by atoms with Gasteiger partial charge >= 0.3 is 0 Å². The third-order valence-corrected chi connectivity index (χ3v) is 5.09. The summed E-state index contributed by atoms with van der Waals surface area (Å²) in [6.07, 6.45) is 2.14. The topological polar surface area (TPSA) is 27.6 Å². The lowest BCUT2D eigenvalue weighted by Crippen LogP contribution is -2.49. The second-order valence-electron chi connectivity index (χ2n) is 4.57. The second kappa shape index (κ2) is 10.5. The molecule has 0 spiro atoms. The Balaban J connectivity index is 0.00000289. The van der Waals surface area contributed by atoms with Crippen LogP contribution < -0.4 is 5.32 Å². The van der Waals surface area contributed by atoms with Crippen LogP contribution in [0.1, 0.15) is 13.8 Å². The lowest BCUT2D eigenvalue weighted by Gasteiger charge is -2.36. The van der Waals surface area contributed by atoms with E-state index >= 15 is 0 Å². The molecule has 0 aromatic rings. The van der Waals surface area contributed by atoms with Gasteiger partial charge in [0.2, 0.25) is 0 Å². The van der Waals surface area contributed by atoms with E-state index in [1.54, 1.807) is 0 Å². The molecule has 1 fully saturated rings. The Kier molecular flexibility index (Phi) is 10.9.